The minimum atomic E-state index is 0.756. The summed E-state index contributed by atoms with van der Waals surface area (Å²) >= 11 is 0. The van der Waals surface area contributed by atoms with Gasteiger partial charge in [0.05, 0.1) is 6.61 Å². The molecule has 16 heavy (non-hydrogen) atoms. The van der Waals surface area contributed by atoms with Gasteiger partial charge in [0.15, 0.2) is 0 Å². The highest BCUT2D eigenvalue weighted by Gasteiger charge is 2.04. The van der Waals surface area contributed by atoms with Crippen LogP contribution in [0.5, 0.6) is 5.75 Å². The van der Waals surface area contributed by atoms with Crippen LogP contribution in [-0.4, -0.2) is 6.61 Å². The average molecular weight is 216 g/mol. The van der Waals surface area contributed by atoms with Gasteiger partial charge < -0.3 is 4.74 Å². The third-order valence-corrected chi connectivity index (χ3v) is 2.57. The molecule has 0 N–H and O–H groups in total. The molecule has 0 saturated carbocycles. The molecule has 0 radical (unpaired) electrons. The molecule has 1 rings (SSSR count). The van der Waals surface area contributed by atoms with E-state index < -0.39 is 0 Å². The van der Waals surface area contributed by atoms with E-state index in [1.165, 1.54) is 16.7 Å². The van der Waals surface area contributed by atoms with E-state index in [4.69, 9.17) is 11.2 Å². The lowest BCUT2D eigenvalue weighted by Gasteiger charge is -2.12. The predicted molar refractivity (Wildman–Crippen MR) is 68.8 cm³/mol. The molecule has 0 unspecified atom stereocenters. The van der Waals surface area contributed by atoms with Crippen molar-refractivity contribution in [3.05, 3.63) is 28.8 Å². The number of rotatable bonds is 5. The molecule has 0 heterocycles. The van der Waals surface area contributed by atoms with Crippen LogP contribution in [0.4, 0.5) is 0 Å². The van der Waals surface area contributed by atoms with Crippen molar-refractivity contribution in [3.63, 3.8) is 0 Å². The highest BCUT2D eigenvalue weighted by molar-refractivity contribution is 5.42. The second kappa shape index (κ2) is 6.23. The maximum atomic E-state index is 5.80. The molecule has 1 heteroatoms. The van der Waals surface area contributed by atoms with Gasteiger partial charge in [-0.3, -0.25) is 0 Å². The summed E-state index contributed by atoms with van der Waals surface area (Å²) in [7, 11) is 0. The molecule has 0 amide bonds. The largest absolute Gasteiger partial charge is 0.493 e. The Hall–Kier alpha value is -1.42. The predicted octanol–water partition coefficient (Wildman–Crippen LogP) is 3.79. The maximum absolute atomic E-state index is 5.80. The molecule has 1 aromatic rings. The lowest BCUT2D eigenvalue weighted by molar-refractivity contribution is 0.303. The number of terminal acetylenes is 1. The summed E-state index contributed by atoms with van der Waals surface area (Å²) in [6.07, 6.45) is 8.11. The van der Waals surface area contributed by atoms with Gasteiger partial charge in [0.1, 0.15) is 5.75 Å². The molecule has 1 nitrogen and oxygen atoms in total. The third kappa shape index (κ3) is 3.62. The van der Waals surface area contributed by atoms with Crippen LogP contribution in [0, 0.1) is 33.1 Å². The van der Waals surface area contributed by atoms with Gasteiger partial charge in [0.25, 0.3) is 0 Å². The molecular formula is C15H20O. The lowest BCUT2D eigenvalue weighted by Crippen LogP contribution is -2.01. The van der Waals surface area contributed by atoms with E-state index in [0.29, 0.717) is 0 Å². The van der Waals surface area contributed by atoms with Crippen molar-refractivity contribution in [2.24, 2.45) is 0 Å². The maximum Gasteiger partial charge on any atom is 0.125 e. The van der Waals surface area contributed by atoms with Crippen molar-refractivity contribution in [1.82, 2.24) is 0 Å². The van der Waals surface area contributed by atoms with Crippen LogP contribution in [-0.2, 0) is 0 Å². The van der Waals surface area contributed by atoms with Crippen molar-refractivity contribution in [1.29, 1.82) is 0 Å². The first kappa shape index (κ1) is 12.6. The number of hydrogen-bond acceptors (Lipinski definition) is 1. The number of benzene rings is 1. The number of hydrogen-bond donors (Lipinski definition) is 0. The SMILES string of the molecule is C#CCCCCOc1c(C)cc(C)cc1C. The van der Waals surface area contributed by atoms with Gasteiger partial charge in [-0.05, 0) is 44.7 Å². The minimum absolute atomic E-state index is 0.756. The van der Waals surface area contributed by atoms with Crippen LogP contribution in [0.25, 0.3) is 0 Å². The highest BCUT2D eigenvalue weighted by atomic mass is 16.5. The van der Waals surface area contributed by atoms with E-state index in [2.05, 4.69) is 38.8 Å². The monoisotopic (exact) mass is 216 g/mol. The molecule has 86 valence electrons. The summed E-state index contributed by atoms with van der Waals surface area (Å²) in [5.41, 5.74) is 3.72. The molecule has 0 atom stereocenters. The second-order valence-corrected chi connectivity index (χ2v) is 4.24. The molecule has 0 bridgehead atoms. The van der Waals surface area contributed by atoms with Crippen molar-refractivity contribution in [3.8, 4) is 18.1 Å². The zero-order valence-electron chi connectivity index (χ0n) is 10.5. The van der Waals surface area contributed by atoms with E-state index in [0.717, 1.165) is 31.6 Å². The fourth-order valence-corrected chi connectivity index (χ4v) is 1.90. The van der Waals surface area contributed by atoms with Crippen LogP contribution in [0.2, 0.25) is 0 Å². The van der Waals surface area contributed by atoms with Crippen LogP contribution in [0.15, 0.2) is 12.1 Å². The molecule has 0 aromatic heterocycles. The molecule has 0 fully saturated rings. The van der Waals surface area contributed by atoms with Gasteiger partial charge in [0, 0.05) is 6.42 Å². The summed E-state index contributed by atoms with van der Waals surface area (Å²) in [6.45, 7) is 7.05. The third-order valence-electron chi connectivity index (χ3n) is 2.57. The fourth-order valence-electron chi connectivity index (χ4n) is 1.90. The zero-order chi connectivity index (χ0) is 12.0. The van der Waals surface area contributed by atoms with Crippen LogP contribution in [0.1, 0.15) is 36.0 Å². The van der Waals surface area contributed by atoms with Gasteiger partial charge >= 0.3 is 0 Å². The summed E-state index contributed by atoms with van der Waals surface area (Å²) in [5.74, 6) is 3.67. The van der Waals surface area contributed by atoms with Crippen molar-refractivity contribution >= 4 is 0 Å². The first-order chi connectivity index (χ1) is 7.65. The summed E-state index contributed by atoms with van der Waals surface area (Å²) in [4.78, 5) is 0. The van der Waals surface area contributed by atoms with E-state index >= 15 is 0 Å². The van der Waals surface area contributed by atoms with Gasteiger partial charge in [-0.25, -0.2) is 0 Å². The van der Waals surface area contributed by atoms with Crippen molar-refractivity contribution < 1.29 is 4.74 Å². The Labute approximate surface area is 98.8 Å². The Morgan fingerprint density at radius 1 is 1.12 bits per heavy atom. The van der Waals surface area contributed by atoms with E-state index in [1.807, 2.05) is 0 Å². The number of aryl methyl sites for hydroxylation is 3. The smallest absolute Gasteiger partial charge is 0.125 e. The molecule has 0 saturated heterocycles. The van der Waals surface area contributed by atoms with Gasteiger partial charge in [-0.1, -0.05) is 17.7 Å². The molecular weight excluding hydrogens is 196 g/mol. The van der Waals surface area contributed by atoms with Gasteiger partial charge in [-0.15, -0.1) is 12.3 Å². The molecule has 0 spiro atoms. The second-order valence-electron chi connectivity index (χ2n) is 4.24. The fraction of sp³-hybridized carbons (Fsp3) is 0.467. The summed E-state index contributed by atoms with van der Waals surface area (Å²) in [6, 6.07) is 4.31. The van der Waals surface area contributed by atoms with E-state index in [1.54, 1.807) is 0 Å². The summed E-state index contributed by atoms with van der Waals surface area (Å²) < 4.78 is 5.80. The number of unbranched alkanes of at least 4 members (excludes halogenated alkanes) is 2. The Morgan fingerprint density at radius 2 is 1.75 bits per heavy atom. The van der Waals surface area contributed by atoms with Gasteiger partial charge in [-0.2, -0.15) is 0 Å². The van der Waals surface area contributed by atoms with E-state index in [9.17, 15) is 0 Å². The van der Waals surface area contributed by atoms with Gasteiger partial charge in [0.2, 0.25) is 0 Å². The first-order valence-corrected chi connectivity index (χ1v) is 5.79. The molecule has 0 aliphatic rings. The highest BCUT2D eigenvalue weighted by Crippen LogP contribution is 2.24. The summed E-state index contributed by atoms with van der Waals surface area (Å²) in [5, 5.41) is 0. The standard InChI is InChI=1S/C15H20O/c1-5-6-7-8-9-16-15-13(3)10-12(2)11-14(15)4/h1,10-11H,6-9H2,2-4H3. The molecule has 1 aromatic carbocycles. The topological polar surface area (TPSA) is 9.23 Å². The van der Waals surface area contributed by atoms with Crippen LogP contribution in [0.3, 0.4) is 0 Å². The van der Waals surface area contributed by atoms with Crippen LogP contribution < -0.4 is 4.74 Å². The Kier molecular flexibility index (Phi) is 4.92. The quantitative estimate of drug-likeness (QED) is 0.537. The normalized spacial score (nSPS) is 9.88. The first-order valence-electron chi connectivity index (χ1n) is 5.79. The van der Waals surface area contributed by atoms with Crippen LogP contribution >= 0.6 is 0 Å². The van der Waals surface area contributed by atoms with E-state index in [-0.39, 0.29) is 0 Å². The Morgan fingerprint density at radius 3 is 2.31 bits per heavy atom. The molecule has 0 aliphatic carbocycles. The van der Waals surface area contributed by atoms with Crippen molar-refractivity contribution in [2.45, 2.75) is 40.0 Å². The molecule has 0 aliphatic heterocycles. The zero-order valence-corrected chi connectivity index (χ0v) is 10.5. The minimum Gasteiger partial charge on any atom is -0.493 e. The number of ether oxygens (including phenoxy) is 1. The van der Waals surface area contributed by atoms with Crippen molar-refractivity contribution in [2.75, 3.05) is 6.61 Å². The Bertz CT molecular complexity index is 362. The average Bonchev–Trinajstić information content (AvgIpc) is 2.20. The lowest BCUT2D eigenvalue weighted by atomic mass is 10.1. The Balaban J connectivity index is 2.51.